The normalized spacial score (nSPS) is 24.4. The Morgan fingerprint density at radius 3 is 2.50 bits per heavy atom. The first-order valence-electron chi connectivity index (χ1n) is 6.74. The Labute approximate surface area is 109 Å². The molecule has 1 aliphatic carbocycles. The molecule has 18 heavy (non-hydrogen) atoms. The fourth-order valence-electron chi connectivity index (χ4n) is 2.63. The fourth-order valence-corrected chi connectivity index (χ4v) is 2.63. The van der Waals surface area contributed by atoms with Gasteiger partial charge < -0.3 is 11.1 Å². The van der Waals surface area contributed by atoms with Crippen LogP contribution in [-0.2, 0) is 5.41 Å². The molecule has 0 amide bonds. The monoisotopic (exact) mass is 250 g/mol. The van der Waals surface area contributed by atoms with Crippen molar-refractivity contribution < 1.29 is 4.39 Å². The first kappa shape index (κ1) is 13.5. The predicted octanol–water partition coefficient (Wildman–Crippen LogP) is 2.57. The SMILES string of the molecule is CC(C)(CNC1CCCC1N)c1ccc(F)cc1. The van der Waals surface area contributed by atoms with E-state index in [-0.39, 0.29) is 17.3 Å². The van der Waals surface area contributed by atoms with Crippen LogP contribution in [0.5, 0.6) is 0 Å². The van der Waals surface area contributed by atoms with Gasteiger partial charge in [-0.3, -0.25) is 0 Å². The van der Waals surface area contributed by atoms with Gasteiger partial charge in [-0.2, -0.15) is 0 Å². The van der Waals surface area contributed by atoms with E-state index in [1.54, 1.807) is 0 Å². The zero-order valence-electron chi connectivity index (χ0n) is 11.2. The van der Waals surface area contributed by atoms with Crippen molar-refractivity contribution in [2.75, 3.05) is 6.54 Å². The Hall–Kier alpha value is -0.930. The molecule has 2 nitrogen and oxygen atoms in total. The summed E-state index contributed by atoms with van der Waals surface area (Å²) in [4.78, 5) is 0. The summed E-state index contributed by atoms with van der Waals surface area (Å²) in [6.07, 6.45) is 3.51. The zero-order valence-corrected chi connectivity index (χ0v) is 11.2. The van der Waals surface area contributed by atoms with E-state index in [9.17, 15) is 4.39 Å². The third-order valence-electron chi connectivity index (χ3n) is 4.00. The van der Waals surface area contributed by atoms with E-state index in [1.165, 1.54) is 25.0 Å². The molecule has 1 aromatic rings. The summed E-state index contributed by atoms with van der Waals surface area (Å²) in [5.74, 6) is -0.180. The highest BCUT2D eigenvalue weighted by molar-refractivity contribution is 5.24. The van der Waals surface area contributed by atoms with Crippen molar-refractivity contribution in [1.82, 2.24) is 5.32 Å². The molecule has 0 saturated heterocycles. The molecule has 0 heterocycles. The molecule has 0 aliphatic heterocycles. The summed E-state index contributed by atoms with van der Waals surface area (Å²) in [6.45, 7) is 5.22. The third kappa shape index (κ3) is 3.09. The van der Waals surface area contributed by atoms with Crippen LogP contribution >= 0.6 is 0 Å². The van der Waals surface area contributed by atoms with Crippen LogP contribution in [0.25, 0.3) is 0 Å². The van der Waals surface area contributed by atoms with Crippen LogP contribution in [0.4, 0.5) is 4.39 Å². The Kier molecular flexibility index (Phi) is 4.03. The lowest BCUT2D eigenvalue weighted by atomic mass is 9.84. The van der Waals surface area contributed by atoms with E-state index in [0.29, 0.717) is 6.04 Å². The maximum atomic E-state index is 12.9. The molecule has 2 atom stereocenters. The summed E-state index contributed by atoms with van der Waals surface area (Å²) in [6, 6.07) is 7.51. The summed E-state index contributed by atoms with van der Waals surface area (Å²) < 4.78 is 12.9. The molecule has 2 rings (SSSR count). The summed E-state index contributed by atoms with van der Waals surface area (Å²) in [5, 5.41) is 3.57. The molecule has 3 N–H and O–H groups in total. The Morgan fingerprint density at radius 2 is 1.94 bits per heavy atom. The Bertz CT molecular complexity index is 386. The lowest BCUT2D eigenvalue weighted by molar-refractivity contribution is 0.399. The van der Waals surface area contributed by atoms with Crippen molar-refractivity contribution in [3.05, 3.63) is 35.6 Å². The maximum absolute atomic E-state index is 12.9. The van der Waals surface area contributed by atoms with E-state index in [0.717, 1.165) is 18.5 Å². The zero-order chi connectivity index (χ0) is 13.2. The largest absolute Gasteiger partial charge is 0.326 e. The Morgan fingerprint density at radius 1 is 1.28 bits per heavy atom. The molecule has 0 spiro atoms. The van der Waals surface area contributed by atoms with Gasteiger partial charge in [0.1, 0.15) is 5.82 Å². The minimum Gasteiger partial charge on any atom is -0.326 e. The van der Waals surface area contributed by atoms with Crippen LogP contribution < -0.4 is 11.1 Å². The standard InChI is InChI=1S/C15H23FN2/c1-15(2,11-6-8-12(16)9-7-11)10-18-14-5-3-4-13(14)17/h6-9,13-14,18H,3-5,10,17H2,1-2H3. The molecular formula is C15H23FN2. The van der Waals surface area contributed by atoms with Crippen LogP contribution in [0.3, 0.4) is 0 Å². The van der Waals surface area contributed by atoms with Gasteiger partial charge in [0, 0.05) is 24.0 Å². The van der Waals surface area contributed by atoms with Crippen molar-refractivity contribution in [3.63, 3.8) is 0 Å². The highest BCUT2D eigenvalue weighted by Crippen LogP contribution is 2.24. The third-order valence-corrected chi connectivity index (χ3v) is 4.00. The molecular weight excluding hydrogens is 227 g/mol. The lowest BCUT2D eigenvalue weighted by Crippen LogP contribution is -2.45. The van der Waals surface area contributed by atoms with Gasteiger partial charge in [0.2, 0.25) is 0 Å². The first-order valence-corrected chi connectivity index (χ1v) is 6.74. The number of hydrogen-bond acceptors (Lipinski definition) is 2. The predicted molar refractivity (Wildman–Crippen MR) is 73.0 cm³/mol. The van der Waals surface area contributed by atoms with Crippen molar-refractivity contribution >= 4 is 0 Å². The summed E-state index contributed by atoms with van der Waals surface area (Å²) >= 11 is 0. The van der Waals surface area contributed by atoms with E-state index >= 15 is 0 Å². The topological polar surface area (TPSA) is 38.0 Å². The molecule has 3 heteroatoms. The van der Waals surface area contributed by atoms with Crippen LogP contribution in [-0.4, -0.2) is 18.6 Å². The van der Waals surface area contributed by atoms with Crippen LogP contribution in [0, 0.1) is 5.82 Å². The smallest absolute Gasteiger partial charge is 0.123 e. The van der Waals surface area contributed by atoms with Gasteiger partial charge in [-0.05, 0) is 30.5 Å². The van der Waals surface area contributed by atoms with E-state index < -0.39 is 0 Å². The molecule has 0 bridgehead atoms. The second-order valence-corrected chi connectivity index (χ2v) is 5.97. The number of hydrogen-bond donors (Lipinski definition) is 2. The van der Waals surface area contributed by atoms with E-state index in [1.807, 2.05) is 12.1 Å². The summed E-state index contributed by atoms with van der Waals surface area (Å²) in [5.41, 5.74) is 7.21. The number of nitrogens with two attached hydrogens (primary N) is 1. The molecule has 1 aliphatic rings. The maximum Gasteiger partial charge on any atom is 0.123 e. The van der Waals surface area contributed by atoms with Gasteiger partial charge in [0.05, 0.1) is 0 Å². The molecule has 2 unspecified atom stereocenters. The second-order valence-electron chi connectivity index (χ2n) is 5.97. The fraction of sp³-hybridized carbons (Fsp3) is 0.600. The van der Waals surface area contributed by atoms with E-state index in [4.69, 9.17) is 5.73 Å². The van der Waals surface area contributed by atoms with Crippen molar-refractivity contribution in [2.24, 2.45) is 5.73 Å². The van der Waals surface area contributed by atoms with Gasteiger partial charge in [0.25, 0.3) is 0 Å². The highest BCUT2D eigenvalue weighted by Gasteiger charge is 2.27. The van der Waals surface area contributed by atoms with Gasteiger partial charge >= 0.3 is 0 Å². The first-order chi connectivity index (χ1) is 8.49. The molecule has 100 valence electrons. The Balaban J connectivity index is 1.96. The number of halogens is 1. The summed E-state index contributed by atoms with van der Waals surface area (Å²) in [7, 11) is 0. The van der Waals surface area contributed by atoms with Crippen LogP contribution in [0.15, 0.2) is 24.3 Å². The van der Waals surface area contributed by atoms with E-state index in [2.05, 4.69) is 19.2 Å². The van der Waals surface area contributed by atoms with Gasteiger partial charge in [-0.15, -0.1) is 0 Å². The average Bonchev–Trinajstić information content (AvgIpc) is 2.73. The number of nitrogens with one attached hydrogen (secondary N) is 1. The lowest BCUT2D eigenvalue weighted by Gasteiger charge is -2.29. The number of benzene rings is 1. The number of rotatable bonds is 4. The van der Waals surface area contributed by atoms with Gasteiger partial charge in [-0.1, -0.05) is 32.4 Å². The van der Waals surface area contributed by atoms with Crippen LogP contribution in [0.1, 0.15) is 38.7 Å². The van der Waals surface area contributed by atoms with Crippen molar-refractivity contribution in [1.29, 1.82) is 0 Å². The second kappa shape index (κ2) is 5.37. The quantitative estimate of drug-likeness (QED) is 0.862. The highest BCUT2D eigenvalue weighted by atomic mass is 19.1. The van der Waals surface area contributed by atoms with Crippen LogP contribution in [0.2, 0.25) is 0 Å². The minimum atomic E-state index is -0.180. The van der Waals surface area contributed by atoms with Crippen molar-refractivity contribution in [3.8, 4) is 0 Å². The van der Waals surface area contributed by atoms with Crippen molar-refractivity contribution in [2.45, 2.75) is 50.6 Å². The molecule has 1 saturated carbocycles. The molecule has 1 fully saturated rings. The average molecular weight is 250 g/mol. The van der Waals surface area contributed by atoms with Gasteiger partial charge in [-0.25, -0.2) is 4.39 Å². The van der Waals surface area contributed by atoms with Gasteiger partial charge in [0.15, 0.2) is 0 Å². The molecule has 0 radical (unpaired) electrons. The molecule has 0 aromatic heterocycles. The molecule has 1 aromatic carbocycles. The minimum absolute atomic E-state index is 0.00396.